The van der Waals surface area contributed by atoms with Crippen LogP contribution < -0.4 is 15.8 Å². The number of anilines is 1. The summed E-state index contributed by atoms with van der Waals surface area (Å²) in [5, 5.41) is 3.27. The van der Waals surface area contributed by atoms with E-state index in [1.807, 2.05) is 19.1 Å². The number of pyridine rings is 1. The highest BCUT2D eigenvalue weighted by Crippen LogP contribution is 2.21. The van der Waals surface area contributed by atoms with Crippen LogP contribution in [0, 0.1) is 0 Å². The number of rotatable bonds is 6. The second-order valence-electron chi connectivity index (χ2n) is 3.27. The molecule has 0 amide bonds. The van der Waals surface area contributed by atoms with Crippen molar-refractivity contribution in [2.24, 2.45) is 5.73 Å². The zero-order valence-corrected chi connectivity index (χ0v) is 9.36. The third-order valence-electron chi connectivity index (χ3n) is 2.19. The van der Waals surface area contributed by atoms with Gasteiger partial charge in [-0.25, -0.2) is 4.98 Å². The molecule has 0 saturated heterocycles. The van der Waals surface area contributed by atoms with Crippen LogP contribution in [0.4, 0.5) is 5.82 Å². The first-order valence-electron chi connectivity index (χ1n) is 5.36. The molecule has 1 aromatic rings. The molecule has 3 N–H and O–H groups in total. The third-order valence-corrected chi connectivity index (χ3v) is 2.19. The fourth-order valence-corrected chi connectivity index (χ4v) is 1.29. The second-order valence-corrected chi connectivity index (χ2v) is 3.27. The molecule has 0 aromatic carbocycles. The third kappa shape index (κ3) is 3.40. The van der Waals surface area contributed by atoms with Crippen molar-refractivity contribution >= 4 is 5.82 Å². The van der Waals surface area contributed by atoms with E-state index < -0.39 is 0 Å². The van der Waals surface area contributed by atoms with Gasteiger partial charge in [-0.1, -0.05) is 6.92 Å². The molecule has 0 spiro atoms. The number of nitrogens with zero attached hydrogens (tertiary/aromatic N) is 1. The van der Waals surface area contributed by atoms with Crippen LogP contribution in [0.15, 0.2) is 18.3 Å². The number of ether oxygens (including phenoxy) is 1. The van der Waals surface area contributed by atoms with Crippen LogP contribution in [0.5, 0.6) is 5.75 Å². The lowest BCUT2D eigenvalue weighted by Gasteiger charge is -2.17. The summed E-state index contributed by atoms with van der Waals surface area (Å²) in [6.07, 6.45) is 2.72. The SMILES string of the molecule is CCOc1cccnc1NC(CC)CN. The highest BCUT2D eigenvalue weighted by molar-refractivity contribution is 5.50. The van der Waals surface area contributed by atoms with Crippen LogP contribution in [-0.2, 0) is 0 Å². The van der Waals surface area contributed by atoms with Crippen LogP contribution >= 0.6 is 0 Å². The summed E-state index contributed by atoms with van der Waals surface area (Å²) >= 11 is 0. The van der Waals surface area contributed by atoms with Gasteiger partial charge in [0.25, 0.3) is 0 Å². The Hall–Kier alpha value is -1.29. The number of hydrogen-bond acceptors (Lipinski definition) is 4. The predicted octanol–water partition coefficient (Wildman–Crippen LogP) is 1.63. The maximum Gasteiger partial charge on any atom is 0.169 e. The molecule has 1 aromatic heterocycles. The van der Waals surface area contributed by atoms with Crippen LogP contribution in [0.1, 0.15) is 20.3 Å². The lowest BCUT2D eigenvalue weighted by molar-refractivity contribution is 0.340. The number of nitrogens with one attached hydrogen (secondary N) is 1. The minimum Gasteiger partial charge on any atom is -0.490 e. The molecule has 0 radical (unpaired) electrons. The van der Waals surface area contributed by atoms with E-state index in [2.05, 4.69) is 17.2 Å². The lowest BCUT2D eigenvalue weighted by Crippen LogP contribution is -2.28. The van der Waals surface area contributed by atoms with Gasteiger partial charge >= 0.3 is 0 Å². The number of aromatic nitrogens is 1. The van der Waals surface area contributed by atoms with E-state index in [4.69, 9.17) is 10.5 Å². The molecule has 15 heavy (non-hydrogen) atoms. The van der Waals surface area contributed by atoms with Gasteiger partial charge in [0.05, 0.1) is 6.61 Å². The molecule has 1 rings (SSSR count). The first-order chi connectivity index (χ1) is 7.31. The van der Waals surface area contributed by atoms with Crippen molar-refractivity contribution in [3.05, 3.63) is 18.3 Å². The smallest absolute Gasteiger partial charge is 0.169 e. The van der Waals surface area contributed by atoms with Crippen molar-refractivity contribution in [2.75, 3.05) is 18.5 Å². The summed E-state index contributed by atoms with van der Waals surface area (Å²) in [6, 6.07) is 4.01. The molecule has 0 aliphatic carbocycles. The molecule has 0 aliphatic heterocycles. The molecule has 0 fully saturated rings. The summed E-state index contributed by atoms with van der Waals surface area (Å²) in [4.78, 5) is 4.24. The monoisotopic (exact) mass is 209 g/mol. The van der Waals surface area contributed by atoms with Crippen LogP contribution in [0.2, 0.25) is 0 Å². The molecule has 4 heteroatoms. The van der Waals surface area contributed by atoms with Gasteiger partial charge in [-0.05, 0) is 25.5 Å². The van der Waals surface area contributed by atoms with Crippen molar-refractivity contribution in [3.8, 4) is 5.75 Å². The molecule has 0 saturated carbocycles. The van der Waals surface area contributed by atoms with Gasteiger partial charge in [-0.3, -0.25) is 0 Å². The topological polar surface area (TPSA) is 60.2 Å². The van der Waals surface area contributed by atoms with E-state index in [1.54, 1.807) is 6.20 Å². The number of hydrogen-bond donors (Lipinski definition) is 2. The first kappa shape index (κ1) is 11.8. The zero-order valence-electron chi connectivity index (χ0n) is 9.36. The summed E-state index contributed by atoms with van der Waals surface area (Å²) in [5.41, 5.74) is 5.62. The Kier molecular flexibility index (Phi) is 4.90. The van der Waals surface area contributed by atoms with E-state index in [0.717, 1.165) is 18.0 Å². The Labute approximate surface area is 90.8 Å². The Morgan fingerprint density at radius 1 is 1.53 bits per heavy atom. The maximum atomic E-state index is 5.62. The van der Waals surface area contributed by atoms with E-state index in [-0.39, 0.29) is 6.04 Å². The Morgan fingerprint density at radius 3 is 2.93 bits per heavy atom. The van der Waals surface area contributed by atoms with Crippen molar-refractivity contribution in [2.45, 2.75) is 26.3 Å². The van der Waals surface area contributed by atoms with Crippen molar-refractivity contribution < 1.29 is 4.74 Å². The van der Waals surface area contributed by atoms with Gasteiger partial charge in [0, 0.05) is 18.8 Å². The van der Waals surface area contributed by atoms with Crippen molar-refractivity contribution in [1.82, 2.24) is 4.98 Å². The average molecular weight is 209 g/mol. The van der Waals surface area contributed by atoms with Crippen molar-refractivity contribution in [3.63, 3.8) is 0 Å². The fourth-order valence-electron chi connectivity index (χ4n) is 1.29. The lowest BCUT2D eigenvalue weighted by atomic mass is 10.2. The van der Waals surface area contributed by atoms with Gasteiger partial charge in [-0.2, -0.15) is 0 Å². The molecule has 1 atom stereocenters. The normalized spacial score (nSPS) is 12.2. The van der Waals surface area contributed by atoms with E-state index >= 15 is 0 Å². The quantitative estimate of drug-likeness (QED) is 0.747. The molecular formula is C11H19N3O. The van der Waals surface area contributed by atoms with E-state index in [0.29, 0.717) is 13.2 Å². The van der Waals surface area contributed by atoms with Crippen molar-refractivity contribution in [1.29, 1.82) is 0 Å². The van der Waals surface area contributed by atoms with Gasteiger partial charge in [-0.15, -0.1) is 0 Å². The molecule has 1 unspecified atom stereocenters. The maximum absolute atomic E-state index is 5.62. The van der Waals surface area contributed by atoms with Gasteiger partial charge in [0.15, 0.2) is 11.6 Å². The number of nitrogens with two attached hydrogens (primary N) is 1. The van der Waals surface area contributed by atoms with E-state index in [9.17, 15) is 0 Å². The summed E-state index contributed by atoms with van der Waals surface area (Å²) in [7, 11) is 0. The second kappa shape index (κ2) is 6.24. The van der Waals surface area contributed by atoms with Gasteiger partial charge < -0.3 is 15.8 Å². The minimum absolute atomic E-state index is 0.249. The Morgan fingerprint density at radius 2 is 2.33 bits per heavy atom. The molecule has 0 bridgehead atoms. The van der Waals surface area contributed by atoms with Crippen LogP contribution in [-0.4, -0.2) is 24.2 Å². The molecule has 4 nitrogen and oxygen atoms in total. The summed E-state index contributed by atoms with van der Waals surface area (Å²) in [6.45, 7) is 5.28. The van der Waals surface area contributed by atoms with Gasteiger partial charge in [0.1, 0.15) is 0 Å². The Balaban J connectivity index is 2.73. The standard InChI is InChI=1S/C11H19N3O/c1-3-9(8-12)14-11-10(15-4-2)6-5-7-13-11/h5-7,9H,3-4,8,12H2,1-2H3,(H,13,14). The first-order valence-corrected chi connectivity index (χ1v) is 5.36. The fraction of sp³-hybridized carbons (Fsp3) is 0.545. The zero-order chi connectivity index (χ0) is 11.1. The van der Waals surface area contributed by atoms with Crippen LogP contribution in [0.3, 0.4) is 0 Å². The summed E-state index contributed by atoms with van der Waals surface area (Å²) < 4.78 is 5.46. The summed E-state index contributed by atoms with van der Waals surface area (Å²) in [5.74, 6) is 1.56. The Bertz CT molecular complexity index is 287. The van der Waals surface area contributed by atoms with Gasteiger partial charge in [0.2, 0.25) is 0 Å². The molecular weight excluding hydrogens is 190 g/mol. The highest BCUT2D eigenvalue weighted by atomic mass is 16.5. The average Bonchev–Trinajstić information content (AvgIpc) is 2.28. The predicted molar refractivity (Wildman–Crippen MR) is 62.2 cm³/mol. The van der Waals surface area contributed by atoms with Crippen LogP contribution in [0.25, 0.3) is 0 Å². The minimum atomic E-state index is 0.249. The molecule has 0 aliphatic rings. The molecule has 1 heterocycles. The largest absolute Gasteiger partial charge is 0.490 e. The van der Waals surface area contributed by atoms with E-state index in [1.165, 1.54) is 0 Å². The molecule has 84 valence electrons. The highest BCUT2D eigenvalue weighted by Gasteiger charge is 2.08.